The van der Waals surface area contributed by atoms with Crippen molar-refractivity contribution in [2.24, 2.45) is 0 Å². The van der Waals surface area contributed by atoms with Crippen LogP contribution >= 0.6 is 0 Å². The second-order valence-electron chi connectivity index (χ2n) is 5.58. The lowest BCUT2D eigenvalue weighted by molar-refractivity contribution is -0.139. The third-order valence-corrected chi connectivity index (χ3v) is 3.67. The van der Waals surface area contributed by atoms with E-state index in [1.54, 1.807) is 4.90 Å². The molecule has 0 atom stereocenters. The number of hydrogen-bond donors (Lipinski definition) is 0. The van der Waals surface area contributed by atoms with E-state index < -0.39 is 17.6 Å². The van der Waals surface area contributed by atoms with Crippen LogP contribution in [0.25, 0.3) is 0 Å². The molecule has 0 saturated heterocycles. The first-order valence-electron chi connectivity index (χ1n) is 7.63. The molecule has 24 heavy (non-hydrogen) atoms. The van der Waals surface area contributed by atoms with Crippen molar-refractivity contribution in [1.82, 2.24) is 9.97 Å². The fraction of sp³-hybridized carbons (Fsp3) is 0.412. The molecule has 2 aromatic rings. The number of aromatic nitrogens is 2. The quantitative estimate of drug-likeness (QED) is 0.785. The van der Waals surface area contributed by atoms with Crippen LogP contribution in [0.3, 0.4) is 0 Å². The van der Waals surface area contributed by atoms with E-state index in [4.69, 9.17) is 4.74 Å². The first-order valence-corrected chi connectivity index (χ1v) is 7.63. The highest BCUT2D eigenvalue weighted by Gasteiger charge is 2.36. The van der Waals surface area contributed by atoms with Gasteiger partial charge in [-0.2, -0.15) is 18.2 Å². The van der Waals surface area contributed by atoms with Gasteiger partial charge in [-0.05, 0) is 30.5 Å². The number of halogens is 3. The summed E-state index contributed by atoms with van der Waals surface area (Å²) in [7, 11) is 1.16. The first kappa shape index (κ1) is 18.0. The number of benzene rings is 1. The number of alkyl halides is 3. The molecule has 1 aromatic heterocycles. The Morgan fingerprint density at radius 1 is 1.17 bits per heavy atom. The lowest BCUT2D eigenvalue weighted by Gasteiger charge is -2.22. The molecule has 0 unspecified atom stereocenters. The molecule has 2 rings (SSSR count). The minimum absolute atomic E-state index is 0.166. The van der Waals surface area contributed by atoms with Gasteiger partial charge in [-0.1, -0.05) is 26.0 Å². The molecule has 0 radical (unpaired) electrons. The van der Waals surface area contributed by atoms with Gasteiger partial charge in [0.2, 0.25) is 11.8 Å². The van der Waals surface area contributed by atoms with Gasteiger partial charge < -0.3 is 9.64 Å². The predicted molar refractivity (Wildman–Crippen MR) is 86.8 cm³/mol. The Kier molecular flexibility index (Phi) is 5.31. The van der Waals surface area contributed by atoms with Gasteiger partial charge in [0.15, 0.2) is 0 Å². The number of rotatable bonds is 5. The average molecular weight is 339 g/mol. The standard InChI is InChI=1S/C17H20F3N3O/c1-5-23(13-8-6-12(7-9-13)11(2)3)16-21-10-14(17(18,19)20)15(22-16)24-4/h6-11H,5H2,1-4H3. The summed E-state index contributed by atoms with van der Waals surface area (Å²) in [5, 5.41) is 0. The van der Waals surface area contributed by atoms with Crippen molar-refractivity contribution in [3.05, 3.63) is 41.6 Å². The third kappa shape index (κ3) is 3.77. The first-order chi connectivity index (χ1) is 11.3. The van der Waals surface area contributed by atoms with Gasteiger partial charge in [0.25, 0.3) is 0 Å². The van der Waals surface area contributed by atoms with E-state index in [0.29, 0.717) is 12.5 Å². The van der Waals surface area contributed by atoms with Crippen molar-refractivity contribution in [1.29, 1.82) is 0 Å². The highest BCUT2D eigenvalue weighted by atomic mass is 19.4. The summed E-state index contributed by atoms with van der Waals surface area (Å²) in [4.78, 5) is 9.54. The zero-order valence-corrected chi connectivity index (χ0v) is 14.1. The Hall–Kier alpha value is -2.31. The zero-order chi connectivity index (χ0) is 17.9. The molecular weight excluding hydrogens is 319 g/mol. The number of anilines is 2. The highest BCUT2D eigenvalue weighted by Crippen LogP contribution is 2.36. The highest BCUT2D eigenvalue weighted by molar-refractivity contribution is 5.58. The number of methoxy groups -OCH3 is 1. The fourth-order valence-electron chi connectivity index (χ4n) is 2.32. The maximum absolute atomic E-state index is 12.9. The Morgan fingerprint density at radius 3 is 2.25 bits per heavy atom. The van der Waals surface area contributed by atoms with Crippen molar-refractivity contribution in [2.75, 3.05) is 18.6 Å². The summed E-state index contributed by atoms with van der Waals surface area (Å²) in [6, 6.07) is 7.80. The molecule has 0 bridgehead atoms. The normalized spacial score (nSPS) is 11.7. The zero-order valence-electron chi connectivity index (χ0n) is 14.1. The molecule has 0 aliphatic heterocycles. The van der Waals surface area contributed by atoms with Gasteiger partial charge in [-0.25, -0.2) is 4.98 Å². The Bertz CT molecular complexity index is 684. The van der Waals surface area contributed by atoms with Crippen LogP contribution in [-0.2, 0) is 6.18 Å². The van der Waals surface area contributed by atoms with E-state index in [0.717, 1.165) is 19.0 Å². The molecule has 0 aliphatic carbocycles. The molecular formula is C17H20F3N3O. The third-order valence-electron chi connectivity index (χ3n) is 3.67. The van der Waals surface area contributed by atoms with Gasteiger partial charge in [0.1, 0.15) is 5.56 Å². The van der Waals surface area contributed by atoms with E-state index in [-0.39, 0.29) is 5.95 Å². The molecule has 130 valence electrons. The van der Waals surface area contributed by atoms with E-state index in [1.165, 1.54) is 5.56 Å². The van der Waals surface area contributed by atoms with Gasteiger partial charge in [0, 0.05) is 18.4 Å². The van der Waals surface area contributed by atoms with E-state index in [2.05, 4.69) is 23.8 Å². The molecule has 7 heteroatoms. The van der Waals surface area contributed by atoms with Gasteiger partial charge >= 0.3 is 6.18 Å². The maximum atomic E-state index is 12.9. The predicted octanol–water partition coefficient (Wildman–Crippen LogP) is 4.79. The van der Waals surface area contributed by atoms with E-state index >= 15 is 0 Å². The van der Waals surface area contributed by atoms with Gasteiger partial charge in [0.05, 0.1) is 7.11 Å². The summed E-state index contributed by atoms with van der Waals surface area (Å²) in [5.41, 5.74) is 1.00. The molecule has 0 fully saturated rings. The fourth-order valence-corrected chi connectivity index (χ4v) is 2.32. The Morgan fingerprint density at radius 2 is 1.79 bits per heavy atom. The molecule has 4 nitrogen and oxygen atoms in total. The SMILES string of the molecule is CCN(c1ccc(C(C)C)cc1)c1ncc(C(F)(F)F)c(OC)n1. The van der Waals surface area contributed by atoms with Crippen LogP contribution in [0.1, 0.15) is 37.8 Å². The number of nitrogens with zero attached hydrogens (tertiary/aromatic N) is 3. The van der Waals surface area contributed by atoms with Crippen LogP contribution in [0.5, 0.6) is 5.88 Å². The van der Waals surface area contributed by atoms with Crippen molar-refractivity contribution in [3.63, 3.8) is 0 Å². The largest absolute Gasteiger partial charge is 0.480 e. The second kappa shape index (κ2) is 7.07. The van der Waals surface area contributed by atoms with E-state index in [9.17, 15) is 13.2 Å². The van der Waals surface area contributed by atoms with Gasteiger partial charge in [-0.3, -0.25) is 0 Å². The van der Waals surface area contributed by atoms with Crippen LogP contribution in [0.2, 0.25) is 0 Å². The Balaban J connectivity index is 2.40. The van der Waals surface area contributed by atoms with Crippen molar-refractivity contribution in [2.45, 2.75) is 32.9 Å². The van der Waals surface area contributed by atoms with Crippen LogP contribution in [0.4, 0.5) is 24.8 Å². The second-order valence-corrected chi connectivity index (χ2v) is 5.58. The summed E-state index contributed by atoms with van der Waals surface area (Å²) < 4.78 is 43.6. The average Bonchev–Trinajstić information content (AvgIpc) is 2.55. The molecule has 0 aliphatic rings. The molecule has 0 spiro atoms. The van der Waals surface area contributed by atoms with Crippen LogP contribution in [-0.4, -0.2) is 23.6 Å². The molecule has 0 saturated carbocycles. The van der Waals surface area contributed by atoms with Crippen LogP contribution < -0.4 is 9.64 Å². The lowest BCUT2D eigenvalue weighted by atomic mass is 10.0. The maximum Gasteiger partial charge on any atom is 0.423 e. The molecule has 0 amide bonds. The van der Waals surface area contributed by atoms with Crippen molar-refractivity contribution < 1.29 is 17.9 Å². The van der Waals surface area contributed by atoms with Crippen LogP contribution in [0, 0.1) is 0 Å². The summed E-state index contributed by atoms with van der Waals surface area (Å²) in [5.74, 6) is 0.0842. The van der Waals surface area contributed by atoms with Crippen molar-refractivity contribution >= 4 is 11.6 Å². The molecule has 1 heterocycles. The summed E-state index contributed by atoms with van der Waals surface area (Å²) >= 11 is 0. The number of ether oxygens (including phenoxy) is 1. The Labute approximate surface area is 139 Å². The molecule has 1 aromatic carbocycles. The van der Waals surface area contributed by atoms with Crippen molar-refractivity contribution in [3.8, 4) is 5.88 Å². The summed E-state index contributed by atoms with van der Waals surface area (Å²) in [6.45, 7) is 6.58. The summed E-state index contributed by atoms with van der Waals surface area (Å²) in [6.07, 6.45) is -3.80. The minimum atomic E-state index is -4.56. The van der Waals surface area contributed by atoms with E-state index in [1.807, 2.05) is 31.2 Å². The monoisotopic (exact) mass is 339 g/mol. The topological polar surface area (TPSA) is 38.2 Å². The number of hydrogen-bond acceptors (Lipinski definition) is 4. The lowest BCUT2D eigenvalue weighted by Crippen LogP contribution is -2.20. The minimum Gasteiger partial charge on any atom is -0.480 e. The molecule has 0 N–H and O–H groups in total. The van der Waals surface area contributed by atoms with Crippen LogP contribution in [0.15, 0.2) is 30.5 Å². The smallest absolute Gasteiger partial charge is 0.423 e. The van der Waals surface area contributed by atoms with Gasteiger partial charge in [-0.15, -0.1) is 0 Å².